The second kappa shape index (κ2) is 9.93. The maximum absolute atomic E-state index is 12.4. The third-order valence-electron chi connectivity index (χ3n) is 5.77. The van der Waals surface area contributed by atoms with Crippen LogP contribution in [0, 0.1) is 17.8 Å². The van der Waals surface area contributed by atoms with E-state index < -0.39 is 0 Å². The lowest BCUT2D eigenvalue weighted by Crippen LogP contribution is -2.49. The molecule has 3 rings (SSSR count). The molecule has 144 valence electrons. The first-order valence-corrected chi connectivity index (χ1v) is 9.47. The van der Waals surface area contributed by atoms with Gasteiger partial charge in [0.15, 0.2) is 0 Å². The van der Waals surface area contributed by atoms with E-state index in [1.54, 1.807) is 0 Å². The normalized spacial score (nSPS) is 27.1. The summed E-state index contributed by atoms with van der Waals surface area (Å²) < 4.78 is 0. The molecule has 2 saturated carbocycles. The van der Waals surface area contributed by atoms with Gasteiger partial charge in [-0.25, -0.2) is 0 Å². The van der Waals surface area contributed by atoms with Crippen molar-refractivity contribution < 1.29 is 9.59 Å². The van der Waals surface area contributed by atoms with E-state index in [2.05, 4.69) is 10.6 Å². The average molecular weight is 380 g/mol. The summed E-state index contributed by atoms with van der Waals surface area (Å²) in [5.74, 6) is 1.13. The quantitative estimate of drug-likeness (QED) is 0.709. The predicted molar refractivity (Wildman–Crippen MR) is 105 cm³/mol. The van der Waals surface area contributed by atoms with Crippen LogP contribution in [0.1, 0.15) is 44.1 Å². The van der Waals surface area contributed by atoms with Gasteiger partial charge in [0, 0.05) is 31.5 Å². The summed E-state index contributed by atoms with van der Waals surface area (Å²) in [4.78, 5) is 24.3. The van der Waals surface area contributed by atoms with Gasteiger partial charge in [0.2, 0.25) is 11.8 Å². The van der Waals surface area contributed by atoms with Crippen molar-refractivity contribution in [1.29, 1.82) is 0 Å². The number of benzene rings is 1. The summed E-state index contributed by atoms with van der Waals surface area (Å²) in [6.45, 7) is 0.925. The van der Waals surface area contributed by atoms with Crippen LogP contribution >= 0.6 is 12.4 Å². The van der Waals surface area contributed by atoms with E-state index >= 15 is 0 Å². The van der Waals surface area contributed by atoms with E-state index in [-0.39, 0.29) is 36.2 Å². The fourth-order valence-corrected chi connectivity index (χ4v) is 4.33. The van der Waals surface area contributed by atoms with Gasteiger partial charge in [-0.05, 0) is 43.1 Å². The second-order valence-electron chi connectivity index (χ2n) is 7.50. The number of carbonyl (C=O) groups excluding carboxylic acids is 2. The number of rotatable bonds is 6. The molecular formula is C20H30ClN3O2. The van der Waals surface area contributed by atoms with Gasteiger partial charge in [0.05, 0.1) is 0 Å². The molecule has 0 aliphatic heterocycles. The smallest absolute Gasteiger partial charge is 0.223 e. The van der Waals surface area contributed by atoms with E-state index in [0.29, 0.717) is 31.3 Å². The largest absolute Gasteiger partial charge is 0.355 e. The Labute approximate surface area is 161 Å². The van der Waals surface area contributed by atoms with E-state index in [0.717, 1.165) is 31.2 Å². The molecule has 2 fully saturated rings. The van der Waals surface area contributed by atoms with E-state index in [9.17, 15) is 9.59 Å². The average Bonchev–Trinajstić information content (AvgIpc) is 2.60. The fourth-order valence-electron chi connectivity index (χ4n) is 4.33. The van der Waals surface area contributed by atoms with Crippen LogP contribution in [0.4, 0.5) is 0 Å². The SMILES string of the molecule is Cl.NC1C2CCCC1CC(C(=O)NCCC(=O)NCc1ccccc1)C2. The number of nitrogens with one attached hydrogen (secondary N) is 2. The zero-order valence-corrected chi connectivity index (χ0v) is 16.0. The highest BCUT2D eigenvalue weighted by Gasteiger charge is 2.40. The molecule has 2 amide bonds. The Kier molecular flexibility index (Phi) is 7.91. The highest BCUT2D eigenvalue weighted by atomic mass is 35.5. The Morgan fingerprint density at radius 1 is 1.04 bits per heavy atom. The Hall–Kier alpha value is -1.59. The molecule has 1 aromatic carbocycles. The van der Waals surface area contributed by atoms with Gasteiger partial charge in [-0.3, -0.25) is 9.59 Å². The predicted octanol–water partition coefficient (Wildman–Crippen LogP) is 2.38. The minimum absolute atomic E-state index is 0. The van der Waals surface area contributed by atoms with Crippen LogP contribution in [0.3, 0.4) is 0 Å². The van der Waals surface area contributed by atoms with Crippen LogP contribution in [0.25, 0.3) is 0 Å². The number of carbonyl (C=O) groups is 2. The minimum Gasteiger partial charge on any atom is -0.355 e. The van der Waals surface area contributed by atoms with Gasteiger partial charge >= 0.3 is 0 Å². The lowest BCUT2D eigenvalue weighted by atomic mass is 9.65. The lowest BCUT2D eigenvalue weighted by molar-refractivity contribution is -0.128. The fraction of sp³-hybridized carbons (Fsp3) is 0.600. The van der Waals surface area contributed by atoms with E-state index in [1.807, 2.05) is 30.3 Å². The van der Waals surface area contributed by atoms with Crippen molar-refractivity contribution in [3.63, 3.8) is 0 Å². The number of nitrogens with two attached hydrogens (primary N) is 1. The van der Waals surface area contributed by atoms with Gasteiger partial charge in [-0.1, -0.05) is 36.8 Å². The van der Waals surface area contributed by atoms with Crippen molar-refractivity contribution in [1.82, 2.24) is 10.6 Å². The first-order valence-electron chi connectivity index (χ1n) is 9.47. The molecule has 2 aliphatic rings. The molecule has 4 N–H and O–H groups in total. The van der Waals surface area contributed by atoms with E-state index in [1.165, 1.54) is 6.42 Å². The summed E-state index contributed by atoms with van der Waals surface area (Å²) in [7, 11) is 0. The first-order chi connectivity index (χ1) is 12.1. The number of amides is 2. The van der Waals surface area contributed by atoms with Gasteiger partial charge < -0.3 is 16.4 Å². The highest BCUT2D eigenvalue weighted by Crippen LogP contribution is 2.41. The monoisotopic (exact) mass is 379 g/mol. The standard InChI is InChI=1S/C20H29N3O2.ClH/c21-19-15-7-4-8-16(19)12-17(11-15)20(25)22-10-9-18(24)23-13-14-5-2-1-3-6-14;/h1-3,5-6,15-17,19H,4,7-13,21H2,(H,22,25)(H,23,24);1H. The molecule has 0 saturated heterocycles. The number of halogens is 1. The van der Waals surface area contributed by atoms with E-state index in [4.69, 9.17) is 5.73 Å². The molecule has 5 nitrogen and oxygen atoms in total. The minimum atomic E-state index is -0.0355. The van der Waals surface area contributed by atoms with Gasteiger partial charge in [-0.2, -0.15) is 0 Å². The molecule has 6 heteroatoms. The van der Waals surface area contributed by atoms with Gasteiger partial charge in [-0.15, -0.1) is 12.4 Å². The Morgan fingerprint density at radius 2 is 1.69 bits per heavy atom. The van der Waals surface area contributed by atoms with Crippen LogP contribution in [0.15, 0.2) is 30.3 Å². The molecule has 2 bridgehead atoms. The molecule has 26 heavy (non-hydrogen) atoms. The topological polar surface area (TPSA) is 84.2 Å². The summed E-state index contributed by atoms with van der Waals surface area (Å²) in [5.41, 5.74) is 7.36. The third kappa shape index (κ3) is 5.45. The molecular weight excluding hydrogens is 350 g/mol. The third-order valence-corrected chi connectivity index (χ3v) is 5.77. The van der Waals surface area contributed by atoms with Crippen molar-refractivity contribution in [2.75, 3.05) is 6.54 Å². The summed E-state index contributed by atoms with van der Waals surface area (Å²) in [6, 6.07) is 10.1. The van der Waals surface area contributed by atoms with Crippen LogP contribution in [0.2, 0.25) is 0 Å². The zero-order chi connectivity index (χ0) is 17.6. The highest BCUT2D eigenvalue weighted by molar-refractivity contribution is 5.85. The number of hydrogen-bond donors (Lipinski definition) is 3. The number of fused-ring (bicyclic) bond motifs is 2. The zero-order valence-electron chi connectivity index (χ0n) is 15.2. The summed E-state index contributed by atoms with van der Waals surface area (Å²) in [6.07, 6.45) is 5.69. The molecule has 0 radical (unpaired) electrons. The van der Waals surface area contributed by atoms with Crippen LogP contribution in [0.5, 0.6) is 0 Å². The van der Waals surface area contributed by atoms with Crippen LogP contribution in [-0.4, -0.2) is 24.4 Å². The summed E-state index contributed by atoms with van der Waals surface area (Å²) >= 11 is 0. The molecule has 0 aromatic heterocycles. The molecule has 2 atom stereocenters. The van der Waals surface area contributed by atoms with Gasteiger partial charge in [0.25, 0.3) is 0 Å². The lowest BCUT2D eigenvalue weighted by Gasteiger charge is -2.43. The van der Waals surface area contributed by atoms with Crippen molar-refractivity contribution in [2.24, 2.45) is 23.5 Å². The van der Waals surface area contributed by atoms with Crippen LogP contribution < -0.4 is 16.4 Å². The first kappa shape index (κ1) is 20.7. The molecule has 0 spiro atoms. The maximum atomic E-state index is 12.4. The molecule has 1 aromatic rings. The number of hydrogen-bond acceptors (Lipinski definition) is 3. The summed E-state index contributed by atoms with van der Waals surface area (Å²) in [5, 5.41) is 5.83. The van der Waals surface area contributed by atoms with Crippen molar-refractivity contribution >= 4 is 24.2 Å². The maximum Gasteiger partial charge on any atom is 0.223 e. The molecule has 0 heterocycles. The molecule has 2 unspecified atom stereocenters. The molecule has 2 aliphatic carbocycles. The second-order valence-corrected chi connectivity index (χ2v) is 7.50. The van der Waals surface area contributed by atoms with Gasteiger partial charge in [0.1, 0.15) is 0 Å². The van der Waals surface area contributed by atoms with Crippen molar-refractivity contribution in [3.05, 3.63) is 35.9 Å². The van der Waals surface area contributed by atoms with Crippen LogP contribution in [-0.2, 0) is 16.1 Å². The van der Waals surface area contributed by atoms with Crippen molar-refractivity contribution in [2.45, 2.75) is 51.1 Å². The Morgan fingerprint density at radius 3 is 2.35 bits per heavy atom. The Balaban J connectivity index is 0.00000243. The van der Waals surface area contributed by atoms with Crippen molar-refractivity contribution in [3.8, 4) is 0 Å². The Bertz CT molecular complexity index is 582.